The van der Waals surface area contributed by atoms with Crippen LogP contribution in [-0.2, 0) is 13.1 Å². The maximum absolute atomic E-state index is 2.38. The lowest BCUT2D eigenvalue weighted by molar-refractivity contribution is -0.702. The van der Waals surface area contributed by atoms with E-state index in [9.17, 15) is 0 Å². The Morgan fingerprint density at radius 2 is 1.65 bits per heavy atom. The second kappa shape index (κ2) is 8.32. The largest absolute Gasteiger partial charge is 0.253 e. The van der Waals surface area contributed by atoms with Crippen LogP contribution in [0.4, 0.5) is 0 Å². The molecule has 0 fully saturated rings. The molecular formula is C15H29N2+. The summed E-state index contributed by atoms with van der Waals surface area (Å²) < 4.78 is 4.69. The van der Waals surface area contributed by atoms with E-state index >= 15 is 0 Å². The molecule has 0 radical (unpaired) electrons. The van der Waals surface area contributed by atoms with Gasteiger partial charge in [-0.1, -0.05) is 39.0 Å². The summed E-state index contributed by atoms with van der Waals surface area (Å²) >= 11 is 0. The summed E-state index contributed by atoms with van der Waals surface area (Å²) in [6, 6.07) is 0. The van der Waals surface area contributed by atoms with Crippen molar-refractivity contribution in [3.63, 3.8) is 0 Å². The minimum atomic E-state index is 1.08. The van der Waals surface area contributed by atoms with Gasteiger partial charge in [-0.3, -0.25) is 0 Å². The molecule has 1 rings (SSSR count). The number of nitrogens with zero attached hydrogens (tertiary/aromatic N) is 2. The molecule has 0 amide bonds. The number of aryl methyl sites for hydroxylation is 2. The molecule has 98 valence electrons. The molecule has 2 nitrogen and oxygen atoms in total. The van der Waals surface area contributed by atoms with Crippen LogP contribution < -0.4 is 4.57 Å². The highest BCUT2D eigenvalue weighted by molar-refractivity contribution is 4.78. The van der Waals surface area contributed by atoms with E-state index in [0.29, 0.717) is 0 Å². The molecule has 2 heteroatoms. The lowest BCUT2D eigenvalue weighted by Gasteiger charge is -2.01. The minimum Gasteiger partial charge on any atom is -0.235 e. The third-order valence-electron chi connectivity index (χ3n) is 3.60. The number of rotatable bonds is 9. The van der Waals surface area contributed by atoms with Gasteiger partial charge in [0, 0.05) is 6.92 Å². The molecule has 0 aliphatic heterocycles. The van der Waals surface area contributed by atoms with Crippen molar-refractivity contribution in [1.82, 2.24) is 4.57 Å². The molecule has 0 saturated carbocycles. The van der Waals surface area contributed by atoms with Crippen molar-refractivity contribution in [2.45, 2.75) is 78.8 Å². The molecule has 0 aliphatic carbocycles. The van der Waals surface area contributed by atoms with E-state index in [-0.39, 0.29) is 0 Å². The second-order valence-corrected chi connectivity index (χ2v) is 4.95. The Balaban J connectivity index is 2.11. The van der Waals surface area contributed by atoms with Gasteiger partial charge in [0.25, 0.3) is 5.82 Å². The van der Waals surface area contributed by atoms with Crippen molar-refractivity contribution in [2.75, 3.05) is 0 Å². The van der Waals surface area contributed by atoms with Gasteiger partial charge in [0.05, 0.1) is 13.1 Å². The third kappa shape index (κ3) is 4.93. The first-order valence-electron chi connectivity index (χ1n) is 7.34. The minimum absolute atomic E-state index is 1.08. The van der Waals surface area contributed by atoms with Gasteiger partial charge in [-0.2, -0.15) is 0 Å². The highest BCUT2D eigenvalue weighted by Crippen LogP contribution is 2.07. The van der Waals surface area contributed by atoms with Crippen LogP contribution in [0.15, 0.2) is 12.4 Å². The zero-order valence-electron chi connectivity index (χ0n) is 11.9. The van der Waals surface area contributed by atoms with Crippen LogP contribution in [0.1, 0.15) is 64.6 Å². The van der Waals surface area contributed by atoms with Gasteiger partial charge in [-0.05, 0) is 19.8 Å². The standard InChI is InChI=1S/C15H29N2/c1-4-6-7-8-9-10-11-12-17-14-13-16(5-2)15(17)3/h13-14H,4-12H2,1-3H3/q+1. The molecule has 0 atom stereocenters. The van der Waals surface area contributed by atoms with E-state index in [0.717, 1.165) is 6.54 Å². The highest BCUT2D eigenvalue weighted by atomic mass is 15.1. The van der Waals surface area contributed by atoms with Crippen molar-refractivity contribution >= 4 is 0 Å². The van der Waals surface area contributed by atoms with Crippen LogP contribution in [0.5, 0.6) is 0 Å². The summed E-state index contributed by atoms with van der Waals surface area (Å²) in [5.74, 6) is 1.39. The Hall–Kier alpha value is -0.790. The molecule has 1 aromatic heterocycles. The molecule has 1 heterocycles. The molecule has 0 spiro atoms. The monoisotopic (exact) mass is 237 g/mol. The fourth-order valence-electron chi connectivity index (χ4n) is 2.35. The Morgan fingerprint density at radius 3 is 2.24 bits per heavy atom. The number of hydrogen-bond acceptors (Lipinski definition) is 0. The normalized spacial score (nSPS) is 11.0. The first-order chi connectivity index (χ1) is 8.29. The topological polar surface area (TPSA) is 8.81 Å². The Morgan fingerprint density at radius 1 is 1.00 bits per heavy atom. The van der Waals surface area contributed by atoms with Gasteiger partial charge in [0.1, 0.15) is 12.4 Å². The van der Waals surface area contributed by atoms with Crippen molar-refractivity contribution in [1.29, 1.82) is 0 Å². The lowest BCUT2D eigenvalue weighted by Crippen LogP contribution is -2.35. The van der Waals surface area contributed by atoms with Crippen LogP contribution in [0.25, 0.3) is 0 Å². The van der Waals surface area contributed by atoms with Gasteiger partial charge in [0.15, 0.2) is 0 Å². The number of aromatic nitrogens is 2. The Labute approximate surface area is 107 Å². The summed E-state index contributed by atoms with van der Waals surface area (Å²) in [4.78, 5) is 0. The van der Waals surface area contributed by atoms with E-state index in [1.165, 1.54) is 57.3 Å². The molecule has 0 aliphatic rings. The first-order valence-corrected chi connectivity index (χ1v) is 7.34. The molecule has 0 N–H and O–H groups in total. The maximum Gasteiger partial charge on any atom is 0.253 e. The zero-order chi connectivity index (χ0) is 12.5. The summed E-state index contributed by atoms with van der Waals surface area (Å²) in [5, 5.41) is 0. The molecule has 0 unspecified atom stereocenters. The maximum atomic E-state index is 2.38. The van der Waals surface area contributed by atoms with Crippen molar-refractivity contribution < 1.29 is 4.57 Å². The molecular weight excluding hydrogens is 208 g/mol. The van der Waals surface area contributed by atoms with E-state index < -0.39 is 0 Å². The van der Waals surface area contributed by atoms with E-state index in [4.69, 9.17) is 0 Å². The summed E-state index contributed by atoms with van der Waals surface area (Å²) in [5.41, 5.74) is 0. The second-order valence-electron chi connectivity index (χ2n) is 4.95. The van der Waals surface area contributed by atoms with Crippen molar-refractivity contribution in [3.8, 4) is 0 Å². The van der Waals surface area contributed by atoms with Gasteiger partial charge in [0.2, 0.25) is 0 Å². The quantitative estimate of drug-likeness (QED) is 0.455. The predicted molar refractivity (Wildman–Crippen MR) is 73.0 cm³/mol. The average Bonchev–Trinajstić information content (AvgIpc) is 2.69. The summed E-state index contributed by atoms with van der Waals surface area (Å²) in [6.07, 6.45) is 14.1. The third-order valence-corrected chi connectivity index (χ3v) is 3.60. The average molecular weight is 237 g/mol. The highest BCUT2D eigenvalue weighted by Gasteiger charge is 2.09. The van der Waals surface area contributed by atoms with Crippen LogP contribution in [0.2, 0.25) is 0 Å². The molecule has 0 bridgehead atoms. The smallest absolute Gasteiger partial charge is 0.235 e. The van der Waals surface area contributed by atoms with Crippen molar-refractivity contribution in [2.24, 2.45) is 0 Å². The Bertz CT molecular complexity index is 302. The van der Waals surface area contributed by atoms with Crippen LogP contribution in [-0.4, -0.2) is 4.57 Å². The van der Waals surface area contributed by atoms with Gasteiger partial charge >= 0.3 is 0 Å². The summed E-state index contributed by atoms with van der Waals surface area (Å²) in [6.45, 7) is 8.95. The van der Waals surface area contributed by atoms with E-state index in [2.05, 4.69) is 42.3 Å². The zero-order valence-corrected chi connectivity index (χ0v) is 11.9. The van der Waals surface area contributed by atoms with Crippen molar-refractivity contribution in [3.05, 3.63) is 18.2 Å². The first kappa shape index (κ1) is 14.3. The van der Waals surface area contributed by atoms with Gasteiger partial charge < -0.3 is 0 Å². The molecule has 1 aromatic rings. The van der Waals surface area contributed by atoms with Crippen LogP contribution in [0.3, 0.4) is 0 Å². The lowest BCUT2D eigenvalue weighted by atomic mass is 10.1. The fraction of sp³-hybridized carbons (Fsp3) is 0.800. The molecule has 0 aromatic carbocycles. The SMILES string of the molecule is CCCCCCCCC[n+]1ccn(CC)c1C. The molecule has 17 heavy (non-hydrogen) atoms. The molecule has 0 saturated heterocycles. The predicted octanol–water partition coefficient (Wildman–Crippen LogP) is 3.85. The van der Waals surface area contributed by atoms with Crippen LogP contribution >= 0.6 is 0 Å². The fourth-order valence-corrected chi connectivity index (χ4v) is 2.35. The van der Waals surface area contributed by atoms with Gasteiger partial charge in [-0.15, -0.1) is 0 Å². The van der Waals surface area contributed by atoms with Gasteiger partial charge in [-0.25, -0.2) is 9.13 Å². The van der Waals surface area contributed by atoms with E-state index in [1.54, 1.807) is 0 Å². The summed E-state index contributed by atoms with van der Waals surface area (Å²) in [7, 11) is 0. The number of unbranched alkanes of at least 4 members (excludes halogenated alkanes) is 6. The Kier molecular flexibility index (Phi) is 6.99. The van der Waals surface area contributed by atoms with E-state index in [1.807, 2.05) is 0 Å². The van der Waals surface area contributed by atoms with Crippen LogP contribution in [0, 0.1) is 6.92 Å². The number of imidazole rings is 1. The number of hydrogen-bond donors (Lipinski definition) is 0.